The van der Waals surface area contributed by atoms with Crippen molar-refractivity contribution in [2.24, 2.45) is 0 Å². The van der Waals surface area contributed by atoms with E-state index in [0.717, 1.165) is 17.1 Å². The lowest BCUT2D eigenvalue weighted by atomic mass is 10.1. The van der Waals surface area contributed by atoms with Crippen molar-refractivity contribution in [3.05, 3.63) is 123 Å². The number of anilines is 3. The molecule has 0 aliphatic heterocycles. The van der Waals surface area contributed by atoms with Gasteiger partial charge in [-0.05, 0) is 71.8 Å². The molecule has 6 heteroatoms. The van der Waals surface area contributed by atoms with Crippen molar-refractivity contribution in [1.29, 1.82) is 0 Å². The molecule has 0 fully saturated rings. The van der Waals surface area contributed by atoms with Crippen molar-refractivity contribution in [3.63, 3.8) is 0 Å². The first-order valence-corrected chi connectivity index (χ1v) is 9.72. The van der Waals surface area contributed by atoms with Gasteiger partial charge in [0.2, 0.25) is 0 Å². The number of pyridine rings is 5. The van der Waals surface area contributed by atoms with Crippen LogP contribution in [0.5, 0.6) is 0 Å². The molecule has 0 saturated carbocycles. The molecule has 5 aromatic rings. The minimum Gasteiger partial charge on any atom is -0.310 e. The van der Waals surface area contributed by atoms with E-state index in [2.05, 4.69) is 29.8 Å². The van der Waals surface area contributed by atoms with Gasteiger partial charge in [-0.1, -0.05) is 0 Å². The van der Waals surface area contributed by atoms with Gasteiger partial charge in [-0.3, -0.25) is 24.9 Å². The Hall–Kier alpha value is -4.45. The monoisotopic (exact) mass is 404 g/mol. The third kappa shape index (κ3) is 5.33. The molecule has 5 rings (SSSR count). The lowest BCUT2D eigenvalue weighted by Crippen LogP contribution is -2.09. The summed E-state index contributed by atoms with van der Waals surface area (Å²) >= 11 is 0. The van der Waals surface area contributed by atoms with Crippen molar-refractivity contribution in [2.75, 3.05) is 4.90 Å². The zero-order valence-corrected chi connectivity index (χ0v) is 16.7. The largest absolute Gasteiger partial charge is 0.310 e. The summed E-state index contributed by atoms with van der Waals surface area (Å²) in [5.41, 5.74) is 5.49. The average Bonchev–Trinajstić information content (AvgIpc) is 2.88. The summed E-state index contributed by atoms with van der Waals surface area (Å²) in [7, 11) is 0. The quantitative estimate of drug-likeness (QED) is 0.395. The Balaban J connectivity index is 0.000000166. The van der Waals surface area contributed by atoms with E-state index in [1.807, 2.05) is 60.7 Å². The summed E-state index contributed by atoms with van der Waals surface area (Å²) in [6.45, 7) is 0. The summed E-state index contributed by atoms with van der Waals surface area (Å²) in [5.74, 6) is 0. The highest BCUT2D eigenvalue weighted by Crippen LogP contribution is 2.32. The summed E-state index contributed by atoms with van der Waals surface area (Å²) in [6, 6.07) is 19.8. The van der Waals surface area contributed by atoms with E-state index in [-0.39, 0.29) is 0 Å². The maximum atomic E-state index is 4.06. The molecule has 5 heterocycles. The predicted molar refractivity (Wildman–Crippen MR) is 122 cm³/mol. The highest BCUT2D eigenvalue weighted by molar-refractivity contribution is 5.75. The van der Waals surface area contributed by atoms with Crippen LogP contribution in [-0.2, 0) is 0 Å². The normalized spacial score (nSPS) is 9.94. The summed E-state index contributed by atoms with van der Waals surface area (Å²) in [4.78, 5) is 22.2. The van der Waals surface area contributed by atoms with Crippen LogP contribution >= 0.6 is 0 Å². The Morgan fingerprint density at radius 1 is 0.323 bits per heavy atom. The molecule has 0 aliphatic carbocycles. The third-order valence-corrected chi connectivity index (χ3v) is 4.46. The van der Waals surface area contributed by atoms with Gasteiger partial charge in [0.15, 0.2) is 0 Å². The summed E-state index contributed by atoms with van der Waals surface area (Å²) in [6.07, 6.45) is 17.8. The van der Waals surface area contributed by atoms with E-state index in [1.165, 1.54) is 11.1 Å². The minimum absolute atomic E-state index is 1.05. The van der Waals surface area contributed by atoms with Crippen LogP contribution in [0, 0.1) is 0 Å². The lowest BCUT2D eigenvalue weighted by Gasteiger charge is -2.24. The van der Waals surface area contributed by atoms with Crippen LogP contribution in [0.15, 0.2) is 123 Å². The molecule has 0 spiro atoms. The van der Waals surface area contributed by atoms with Crippen LogP contribution in [-0.4, -0.2) is 24.9 Å². The highest BCUT2D eigenvalue weighted by Gasteiger charge is 2.11. The number of hydrogen-bond donors (Lipinski definition) is 0. The van der Waals surface area contributed by atoms with Gasteiger partial charge in [-0.25, -0.2) is 0 Å². The van der Waals surface area contributed by atoms with Gasteiger partial charge in [-0.15, -0.1) is 0 Å². The molecule has 0 saturated heterocycles. The Labute approximate surface area is 181 Å². The van der Waals surface area contributed by atoms with Crippen molar-refractivity contribution >= 4 is 17.1 Å². The minimum atomic E-state index is 1.05. The molecular weight excluding hydrogens is 384 g/mol. The third-order valence-electron chi connectivity index (χ3n) is 4.46. The molecule has 6 nitrogen and oxygen atoms in total. The number of hydrogen-bond acceptors (Lipinski definition) is 6. The van der Waals surface area contributed by atoms with Crippen LogP contribution in [0.25, 0.3) is 11.1 Å². The zero-order chi connectivity index (χ0) is 21.1. The maximum Gasteiger partial charge on any atom is 0.0492 e. The lowest BCUT2D eigenvalue weighted by molar-refractivity contribution is 1.20. The van der Waals surface area contributed by atoms with Crippen LogP contribution in [0.2, 0.25) is 0 Å². The number of nitrogens with zero attached hydrogens (tertiary/aromatic N) is 6. The van der Waals surface area contributed by atoms with Gasteiger partial charge in [0, 0.05) is 79.0 Å². The van der Waals surface area contributed by atoms with E-state index in [1.54, 1.807) is 62.0 Å². The van der Waals surface area contributed by atoms with Gasteiger partial charge >= 0.3 is 0 Å². The van der Waals surface area contributed by atoms with Gasteiger partial charge in [0.25, 0.3) is 0 Å². The van der Waals surface area contributed by atoms with Gasteiger partial charge in [0.1, 0.15) is 0 Å². The molecular formula is C25H20N6. The Morgan fingerprint density at radius 3 is 0.806 bits per heavy atom. The zero-order valence-electron chi connectivity index (χ0n) is 16.7. The molecule has 31 heavy (non-hydrogen) atoms. The molecule has 150 valence electrons. The topological polar surface area (TPSA) is 67.7 Å². The maximum absolute atomic E-state index is 4.06. The summed E-state index contributed by atoms with van der Waals surface area (Å²) < 4.78 is 0. The number of aromatic nitrogens is 5. The SMILES string of the molecule is c1cc(-c2ccncc2)ccn1.c1cc(N(c2ccncc2)c2ccncc2)ccn1. The first-order valence-electron chi connectivity index (χ1n) is 9.72. The Bertz CT molecular complexity index is 1020. The van der Waals surface area contributed by atoms with Crippen molar-refractivity contribution < 1.29 is 0 Å². The van der Waals surface area contributed by atoms with E-state index in [9.17, 15) is 0 Å². The molecule has 0 bridgehead atoms. The molecule has 0 amide bonds. The van der Waals surface area contributed by atoms with Gasteiger partial charge < -0.3 is 4.90 Å². The fourth-order valence-electron chi connectivity index (χ4n) is 3.02. The second kappa shape index (κ2) is 10.4. The van der Waals surface area contributed by atoms with Crippen LogP contribution in [0.4, 0.5) is 17.1 Å². The Morgan fingerprint density at radius 2 is 0.548 bits per heavy atom. The average molecular weight is 404 g/mol. The predicted octanol–water partition coefficient (Wildman–Crippen LogP) is 5.49. The molecule has 0 radical (unpaired) electrons. The molecule has 0 unspecified atom stereocenters. The van der Waals surface area contributed by atoms with Crippen molar-refractivity contribution in [3.8, 4) is 11.1 Å². The van der Waals surface area contributed by atoms with E-state index in [4.69, 9.17) is 0 Å². The molecule has 0 N–H and O–H groups in total. The first-order chi connectivity index (χ1) is 15.4. The van der Waals surface area contributed by atoms with E-state index in [0.29, 0.717) is 0 Å². The summed E-state index contributed by atoms with van der Waals surface area (Å²) in [5, 5.41) is 0. The first kappa shape index (κ1) is 19.8. The van der Waals surface area contributed by atoms with Gasteiger partial charge in [0.05, 0.1) is 0 Å². The highest BCUT2D eigenvalue weighted by atomic mass is 15.1. The van der Waals surface area contributed by atoms with Gasteiger partial charge in [-0.2, -0.15) is 0 Å². The second-order valence-corrected chi connectivity index (χ2v) is 6.42. The van der Waals surface area contributed by atoms with E-state index < -0.39 is 0 Å². The fraction of sp³-hybridized carbons (Fsp3) is 0. The van der Waals surface area contributed by atoms with Crippen LogP contribution < -0.4 is 4.90 Å². The smallest absolute Gasteiger partial charge is 0.0492 e. The standard InChI is InChI=1S/C15H12N4.C10H8N2/c1-7-16-8-2-13(1)19(14-3-9-17-10-4-14)15-5-11-18-12-6-15;1-5-11-6-2-9(1)10-3-7-12-8-4-10/h1-12H;1-8H. The van der Waals surface area contributed by atoms with E-state index >= 15 is 0 Å². The molecule has 0 aliphatic rings. The van der Waals surface area contributed by atoms with Crippen molar-refractivity contribution in [1.82, 2.24) is 24.9 Å². The molecule has 0 atom stereocenters. The fourth-order valence-corrected chi connectivity index (χ4v) is 3.02. The second-order valence-electron chi connectivity index (χ2n) is 6.42. The number of rotatable bonds is 4. The van der Waals surface area contributed by atoms with Crippen molar-refractivity contribution in [2.45, 2.75) is 0 Å². The Kier molecular flexibility index (Phi) is 6.63. The molecule has 5 aromatic heterocycles. The van der Waals surface area contributed by atoms with Crippen LogP contribution in [0.1, 0.15) is 0 Å². The molecule has 0 aromatic carbocycles. The van der Waals surface area contributed by atoms with Crippen LogP contribution in [0.3, 0.4) is 0 Å².